The Bertz CT molecular complexity index is 977. The predicted molar refractivity (Wildman–Crippen MR) is 109 cm³/mol. The lowest BCUT2D eigenvalue weighted by atomic mass is 10.2. The molecule has 1 aliphatic rings. The van der Waals surface area contributed by atoms with Crippen molar-refractivity contribution < 1.29 is 27.2 Å². The molecule has 0 radical (unpaired) electrons. The fourth-order valence-electron chi connectivity index (χ4n) is 3.33. The van der Waals surface area contributed by atoms with Crippen LogP contribution in [0.3, 0.4) is 0 Å². The van der Waals surface area contributed by atoms with E-state index in [1.165, 1.54) is 31.4 Å². The van der Waals surface area contributed by atoms with Gasteiger partial charge in [0.1, 0.15) is 17.9 Å². The number of amides is 2. The van der Waals surface area contributed by atoms with Gasteiger partial charge < -0.3 is 15.5 Å². The standard InChI is InChI=1S/C20H22F4N6O2/c1-25-19(32)14-2-3-15(18(21)27-14)30-8-6-29(7-9-30)12-13-4-5-26-16(10-13)28-17(31)11-20(22,23)24/h2-5,10H,6-9,11-12H2,1H3,(H,25,32)(H,26,28,31). The Labute approximate surface area is 181 Å². The van der Waals surface area contributed by atoms with Crippen molar-refractivity contribution in [1.82, 2.24) is 20.2 Å². The van der Waals surface area contributed by atoms with E-state index in [1.54, 1.807) is 6.07 Å². The van der Waals surface area contributed by atoms with E-state index in [4.69, 9.17) is 0 Å². The van der Waals surface area contributed by atoms with Crippen molar-refractivity contribution in [3.05, 3.63) is 47.7 Å². The van der Waals surface area contributed by atoms with Crippen molar-refractivity contribution in [2.45, 2.75) is 19.1 Å². The highest BCUT2D eigenvalue weighted by Crippen LogP contribution is 2.22. The number of piperazine rings is 1. The monoisotopic (exact) mass is 454 g/mol. The lowest BCUT2D eigenvalue weighted by Crippen LogP contribution is -2.46. The Morgan fingerprint density at radius 2 is 1.84 bits per heavy atom. The van der Waals surface area contributed by atoms with Crippen LogP contribution in [0.4, 0.5) is 29.1 Å². The number of hydrogen-bond acceptors (Lipinski definition) is 6. The molecule has 3 rings (SSSR count). The van der Waals surface area contributed by atoms with Gasteiger partial charge in [-0.2, -0.15) is 17.6 Å². The van der Waals surface area contributed by atoms with Crippen molar-refractivity contribution in [2.75, 3.05) is 43.4 Å². The molecule has 0 atom stereocenters. The SMILES string of the molecule is CNC(=O)c1ccc(N2CCN(Cc3ccnc(NC(=O)CC(F)(F)F)c3)CC2)c(F)n1. The van der Waals surface area contributed by atoms with Gasteiger partial charge in [0.2, 0.25) is 11.9 Å². The summed E-state index contributed by atoms with van der Waals surface area (Å²) in [4.78, 5) is 34.6. The molecule has 0 unspecified atom stereocenters. The average molecular weight is 454 g/mol. The van der Waals surface area contributed by atoms with E-state index < -0.39 is 30.4 Å². The average Bonchev–Trinajstić information content (AvgIpc) is 2.72. The number of alkyl halides is 3. The van der Waals surface area contributed by atoms with Crippen LogP contribution in [-0.2, 0) is 11.3 Å². The highest BCUT2D eigenvalue weighted by Gasteiger charge is 2.31. The second-order valence-electron chi connectivity index (χ2n) is 7.24. The van der Waals surface area contributed by atoms with E-state index in [0.29, 0.717) is 38.4 Å². The van der Waals surface area contributed by atoms with Gasteiger partial charge in [0.25, 0.3) is 5.91 Å². The summed E-state index contributed by atoms with van der Waals surface area (Å²) in [6.07, 6.45) is -4.74. The molecule has 12 heteroatoms. The minimum absolute atomic E-state index is 0.00296. The van der Waals surface area contributed by atoms with E-state index in [0.717, 1.165) is 5.56 Å². The molecule has 0 aromatic carbocycles. The van der Waals surface area contributed by atoms with E-state index in [-0.39, 0.29) is 11.5 Å². The van der Waals surface area contributed by atoms with Crippen molar-refractivity contribution in [3.8, 4) is 0 Å². The first-order chi connectivity index (χ1) is 15.1. The van der Waals surface area contributed by atoms with Crippen LogP contribution in [0.25, 0.3) is 0 Å². The summed E-state index contributed by atoms with van der Waals surface area (Å²) in [6, 6.07) is 6.24. The zero-order chi connectivity index (χ0) is 23.3. The Hall–Kier alpha value is -3.28. The molecule has 2 amide bonds. The first-order valence-electron chi connectivity index (χ1n) is 9.82. The molecule has 1 saturated heterocycles. The summed E-state index contributed by atoms with van der Waals surface area (Å²) in [6.45, 7) is 2.76. The highest BCUT2D eigenvalue weighted by molar-refractivity contribution is 5.92. The van der Waals surface area contributed by atoms with Crippen molar-refractivity contribution in [2.24, 2.45) is 0 Å². The van der Waals surface area contributed by atoms with Gasteiger partial charge in [0.15, 0.2) is 0 Å². The predicted octanol–water partition coefficient (Wildman–Crippen LogP) is 2.19. The Kier molecular flexibility index (Phi) is 7.23. The summed E-state index contributed by atoms with van der Waals surface area (Å²) in [5.41, 5.74) is 1.10. The topological polar surface area (TPSA) is 90.5 Å². The van der Waals surface area contributed by atoms with E-state index >= 15 is 0 Å². The zero-order valence-corrected chi connectivity index (χ0v) is 17.2. The van der Waals surface area contributed by atoms with Crippen LogP contribution in [0.2, 0.25) is 0 Å². The summed E-state index contributed by atoms with van der Waals surface area (Å²) in [5, 5.41) is 4.55. The summed E-state index contributed by atoms with van der Waals surface area (Å²) in [5.74, 6) is -2.30. The van der Waals surface area contributed by atoms with Gasteiger partial charge in [-0.3, -0.25) is 14.5 Å². The molecule has 8 nitrogen and oxygen atoms in total. The number of hydrogen-bond donors (Lipinski definition) is 2. The fourth-order valence-corrected chi connectivity index (χ4v) is 3.33. The van der Waals surface area contributed by atoms with Gasteiger partial charge in [-0.1, -0.05) is 0 Å². The minimum Gasteiger partial charge on any atom is -0.365 e. The lowest BCUT2D eigenvalue weighted by molar-refractivity contribution is -0.150. The fraction of sp³-hybridized carbons (Fsp3) is 0.400. The molecule has 172 valence electrons. The first-order valence-corrected chi connectivity index (χ1v) is 9.82. The van der Waals surface area contributed by atoms with Crippen LogP contribution in [0.1, 0.15) is 22.5 Å². The molecule has 0 saturated carbocycles. The van der Waals surface area contributed by atoms with Gasteiger partial charge in [-0.25, -0.2) is 9.97 Å². The van der Waals surface area contributed by atoms with Crippen LogP contribution in [0, 0.1) is 5.95 Å². The quantitative estimate of drug-likeness (QED) is 0.514. The summed E-state index contributed by atoms with van der Waals surface area (Å²) < 4.78 is 51.3. The van der Waals surface area contributed by atoms with Gasteiger partial charge in [0.05, 0.1) is 5.69 Å². The Balaban J connectivity index is 1.55. The Morgan fingerprint density at radius 3 is 2.47 bits per heavy atom. The van der Waals surface area contributed by atoms with Crippen molar-refractivity contribution >= 4 is 23.3 Å². The molecule has 2 N–H and O–H groups in total. The van der Waals surface area contributed by atoms with Gasteiger partial charge in [-0.05, 0) is 29.8 Å². The third kappa shape index (κ3) is 6.36. The van der Waals surface area contributed by atoms with Gasteiger partial charge >= 0.3 is 6.18 Å². The molecule has 2 aromatic heterocycles. The molecule has 1 aliphatic heterocycles. The number of nitrogens with one attached hydrogen (secondary N) is 2. The van der Waals surface area contributed by atoms with Crippen LogP contribution in [0.5, 0.6) is 0 Å². The van der Waals surface area contributed by atoms with E-state index in [9.17, 15) is 27.2 Å². The molecule has 0 aliphatic carbocycles. The van der Waals surface area contributed by atoms with Crippen LogP contribution in [0.15, 0.2) is 30.5 Å². The number of aromatic nitrogens is 2. The number of carbonyl (C=O) groups excluding carboxylic acids is 2. The molecule has 2 aromatic rings. The van der Waals surface area contributed by atoms with Gasteiger partial charge in [0, 0.05) is 46.0 Å². The lowest BCUT2D eigenvalue weighted by Gasteiger charge is -2.36. The third-order valence-electron chi connectivity index (χ3n) is 4.86. The molecule has 1 fully saturated rings. The molecule has 0 spiro atoms. The number of anilines is 2. The zero-order valence-electron chi connectivity index (χ0n) is 17.2. The number of nitrogens with zero attached hydrogens (tertiary/aromatic N) is 4. The summed E-state index contributed by atoms with van der Waals surface area (Å²) >= 11 is 0. The smallest absolute Gasteiger partial charge is 0.365 e. The maximum atomic E-state index is 14.4. The number of rotatable bonds is 6. The van der Waals surface area contributed by atoms with Crippen LogP contribution < -0.4 is 15.5 Å². The van der Waals surface area contributed by atoms with Gasteiger partial charge in [-0.15, -0.1) is 0 Å². The molecule has 3 heterocycles. The maximum absolute atomic E-state index is 14.4. The molecular formula is C20H22F4N6O2. The largest absolute Gasteiger partial charge is 0.397 e. The van der Waals surface area contributed by atoms with Crippen molar-refractivity contribution in [1.29, 1.82) is 0 Å². The highest BCUT2D eigenvalue weighted by atomic mass is 19.4. The number of pyridine rings is 2. The molecule has 0 bridgehead atoms. The van der Waals surface area contributed by atoms with Crippen LogP contribution >= 0.6 is 0 Å². The normalized spacial score (nSPS) is 14.8. The van der Waals surface area contributed by atoms with E-state index in [2.05, 4.69) is 25.5 Å². The van der Waals surface area contributed by atoms with Crippen molar-refractivity contribution in [3.63, 3.8) is 0 Å². The van der Waals surface area contributed by atoms with Crippen LogP contribution in [-0.4, -0.2) is 66.1 Å². The maximum Gasteiger partial charge on any atom is 0.397 e. The molecular weight excluding hydrogens is 432 g/mol. The Morgan fingerprint density at radius 1 is 1.12 bits per heavy atom. The minimum atomic E-state index is -4.58. The molecule has 32 heavy (non-hydrogen) atoms. The number of carbonyl (C=O) groups is 2. The third-order valence-corrected chi connectivity index (χ3v) is 4.86. The first kappa shape index (κ1) is 23.4. The number of halogens is 4. The van der Waals surface area contributed by atoms with E-state index in [1.807, 2.05) is 4.90 Å². The summed E-state index contributed by atoms with van der Waals surface area (Å²) in [7, 11) is 1.44. The second kappa shape index (κ2) is 9.90. The second-order valence-corrected chi connectivity index (χ2v) is 7.24.